The zero-order chi connectivity index (χ0) is 19.3. The van der Waals surface area contributed by atoms with E-state index >= 15 is 0 Å². The van der Waals surface area contributed by atoms with Crippen LogP contribution in [0.3, 0.4) is 0 Å². The Kier molecular flexibility index (Phi) is 6.63. The molecule has 0 saturated carbocycles. The third-order valence-electron chi connectivity index (χ3n) is 3.80. The van der Waals surface area contributed by atoms with Gasteiger partial charge in [0.15, 0.2) is 0 Å². The van der Waals surface area contributed by atoms with Crippen LogP contribution in [0.2, 0.25) is 5.02 Å². The van der Waals surface area contributed by atoms with Crippen LogP contribution in [0.5, 0.6) is 5.75 Å². The number of methoxy groups -OCH3 is 1. The molecule has 0 spiro atoms. The summed E-state index contributed by atoms with van der Waals surface area (Å²) < 4.78 is 32.6. The fourth-order valence-corrected chi connectivity index (χ4v) is 4.01. The van der Waals surface area contributed by atoms with Crippen LogP contribution in [0.15, 0.2) is 53.4 Å². The standard InChI is InChI=1S/C18H21ClN2O4S/c1-12(14-7-5-4-6-8-14)20-18(22)13(2)21-26(23,24)17-11-15(19)9-10-16(17)25-3/h4-13,21H,1-3H3,(H,20,22)/t12-,13+/m1/s1. The van der Waals surface area contributed by atoms with Gasteiger partial charge in [0.1, 0.15) is 10.6 Å². The van der Waals surface area contributed by atoms with Gasteiger partial charge in [0, 0.05) is 5.02 Å². The van der Waals surface area contributed by atoms with Crippen molar-refractivity contribution in [2.75, 3.05) is 7.11 Å². The molecule has 0 aromatic heterocycles. The fraction of sp³-hybridized carbons (Fsp3) is 0.278. The predicted octanol–water partition coefficient (Wildman–Crippen LogP) is 2.89. The average Bonchev–Trinajstić information content (AvgIpc) is 2.62. The molecule has 2 N–H and O–H groups in total. The molecule has 0 bridgehead atoms. The molecule has 0 aliphatic heterocycles. The lowest BCUT2D eigenvalue weighted by atomic mass is 10.1. The van der Waals surface area contributed by atoms with E-state index < -0.39 is 22.0 Å². The van der Waals surface area contributed by atoms with E-state index in [9.17, 15) is 13.2 Å². The number of carbonyl (C=O) groups excluding carboxylic acids is 1. The number of halogens is 1. The van der Waals surface area contributed by atoms with E-state index in [4.69, 9.17) is 16.3 Å². The number of sulfonamides is 1. The Hall–Kier alpha value is -2.09. The SMILES string of the molecule is COc1ccc(Cl)cc1S(=O)(=O)N[C@@H](C)C(=O)N[C@H](C)c1ccccc1. The first-order chi connectivity index (χ1) is 12.2. The maximum atomic E-state index is 12.6. The number of benzene rings is 2. The first-order valence-electron chi connectivity index (χ1n) is 7.96. The Morgan fingerprint density at radius 2 is 1.77 bits per heavy atom. The highest BCUT2D eigenvalue weighted by molar-refractivity contribution is 7.89. The van der Waals surface area contributed by atoms with Crippen molar-refractivity contribution in [3.05, 3.63) is 59.1 Å². The predicted molar refractivity (Wildman–Crippen MR) is 101 cm³/mol. The second kappa shape index (κ2) is 8.53. The van der Waals surface area contributed by atoms with Crippen LogP contribution in [-0.4, -0.2) is 27.5 Å². The molecule has 2 rings (SSSR count). The number of hydrogen-bond donors (Lipinski definition) is 2. The Labute approximate surface area is 158 Å². The molecule has 0 saturated heterocycles. The molecule has 0 unspecified atom stereocenters. The molecular weight excluding hydrogens is 376 g/mol. The van der Waals surface area contributed by atoms with E-state index in [1.54, 1.807) is 0 Å². The van der Waals surface area contributed by atoms with Gasteiger partial charge in [0.25, 0.3) is 0 Å². The van der Waals surface area contributed by atoms with Crippen LogP contribution in [0.1, 0.15) is 25.5 Å². The van der Waals surface area contributed by atoms with Gasteiger partial charge < -0.3 is 10.1 Å². The summed E-state index contributed by atoms with van der Waals surface area (Å²) in [5.41, 5.74) is 0.924. The maximum absolute atomic E-state index is 12.6. The zero-order valence-electron chi connectivity index (χ0n) is 14.7. The Balaban J connectivity index is 2.11. The van der Waals surface area contributed by atoms with Crippen LogP contribution in [0.25, 0.3) is 0 Å². The summed E-state index contributed by atoms with van der Waals surface area (Å²) in [6.07, 6.45) is 0. The van der Waals surface area contributed by atoms with Crippen molar-refractivity contribution < 1.29 is 17.9 Å². The molecule has 2 aromatic rings. The number of nitrogens with one attached hydrogen (secondary N) is 2. The summed E-state index contributed by atoms with van der Waals surface area (Å²) in [5, 5.41) is 3.04. The minimum Gasteiger partial charge on any atom is -0.495 e. The molecular formula is C18H21ClN2O4S. The molecule has 8 heteroatoms. The number of ether oxygens (including phenoxy) is 1. The third-order valence-corrected chi connectivity index (χ3v) is 5.60. The van der Waals surface area contributed by atoms with E-state index in [1.165, 1.54) is 32.2 Å². The molecule has 1 amide bonds. The van der Waals surface area contributed by atoms with Gasteiger partial charge in [-0.05, 0) is 37.6 Å². The zero-order valence-corrected chi connectivity index (χ0v) is 16.3. The van der Waals surface area contributed by atoms with Crippen LogP contribution in [0.4, 0.5) is 0 Å². The minimum absolute atomic E-state index is 0.122. The number of rotatable bonds is 7. The summed E-state index contributed by atoms with van der Waals surface area (Å²) in [7, 11) is -2.63. The summed E-state index contributed by atoms with van der Waals surface area (Å²) in [5.74, 6) is -0.293. The van der Waals surface area contributed by atoms with Crippen LogP contribution in [-0.2, 0) is 14.8 Å². The highest BCUT2D eigenvalue weighted by Crippen LogP contribution is 2.27. The van der Waals surface area contributed by atoms with Gasteiger partial charge in [-0.1, -0.05) is 41.9 Å². The van der Waals surface area contributed by atoms with Gasteiger partial charge >= 0.3 is 0 Å². The molecule has 0 radical (unpaired) electrons. The topological polar surface area (TPSA) is 84.5 Å². The second-order valence-corrected chi connectivity index (χ2v) is 7.90. The summed E-state index contributed by atoms with van der Waals surface area (Å²) in [6.45, 7) is 3.30. The van der Waals surface area contributed by atoms with Crippen LogP contribution >= 0.6 is 11.6 Å². The average molecular weight is 397 g/mol. The molecule has 0 aliphatic carbocycles. The Morgan fingerprint density at radius 1 is 1.12 bits per heavy atom. The molecule has 0 heterocycles. The van der Waals surface area contributed by atoms with Crippen molar-refractivity contribution in [3.63, 3.8) is 0 Å². The monoisotopic (exact) mass is 396 g/mol. The number of carbonyl (C=O) groups is 1. The van der Waals surface area contributed by atoms with Gasteiger partial charge in [0.05, 0.1) is 19.2 Å². The van der Waals surface area contributed by atoms with E-state index in [2.05, 4.69) is 10.0 Å². The van der Waals surface area contributed by atoms with Gasteiger partial charge in [-0.2, -0.15) is 4.72 Å². The highest BCUT2D eigenvalue weighted by Gasteiger charge is 2.26. The lowest BCUT2D eigenvalue weighted by molar-refractivity contribution is -0.123. The van der Waals surface area contributed by atoms with E-state index in [-0.39, 0.29) is 21.7 Å². The number of hydrogen-bond acceptors (Lipinski definition) is 4. The number of amides is 1. The van der Waals surface area contributed by atoms with E-state index in [1.807, 2.05) is 37.3 Å². The van der Waals surface area contributed by atoms with Crippen molar-refractivity contribution in [1.82, 2.24) is 10.0 Å². The normalized spacial score (nSPS) is 13.7. The molecule has 2 atom stereocenters. The molecule has 26 heavy (non-hydrogen) atoms. The molecule has 6 nitrogen and oxygen atoms in total. The van der Waals surface area contributed by atoms with Crippen molar-refractivity contribution in [2.45, 2.75) is 30.8 Å². The van der Waals surface area contributed by atoms with E-state index in [0.717, 1.165) is 5.56 Å². The second-order valence-electron chi connectivity index (χ2n) is 5.78. The minimum atomic E-state index is -3.99. The van der Waals surface area contributed by atoms with Crippen LogP contribution < -0.4 is 14.8 Å². The lowest BCUT2D eigenvalue weighted by Crippen LogP contribution is -2.45. The molecule has 2 aromatic carbocycles. The summed E-state index contributed by atoms with van der Waals surface area (Å²) in [6, 6.07) is 12.4. The van der Waals surface area contributed by atoms with Gasteiger partial charge in [-0.3, -0.25) is 4.79 Å². The molecule has 140 valence electrons. The quantitative estimate of drug-likeness (QED) is 0.753. The maximum Gasteiger partial charge on any atom is 0.245 e. The first-order valence-corrected chi connectivity index (χ1v) is 9.82. The Bertz CT molecular complexity index is 872. The van der Waals surface area contributed by atoms with E-state index in [0.29, 0.717) is 0 Å². The fourth-order valence-electron chi connectivity index (χ4n) is 2.37. The van der Waals surface area contributed by atoms with Gasteiger partial charge in [-0.25, -0.2) is 8.42 Å². The van der Waals surface area contributed by atoms with Crippen molar-refractivity contribution in [2.24, 2.45) is 0 Å². The Morgan fingerprint density at radius 3 is 2.38 bits per heavy atom. The van der Waals surface area contributed by atoms with Crippen molar-refractivity contribution in [3.8, 4) is 5.75 Å². The lowest BCUT2D eigenvalue weighted by Gasteiger charge is -2.19. The third kappa shape index (κ3) is 4.97. The van der Waals surface area contributed by atoms with Gasteiger partial charge in [-0.15, -0.1) is 0 Å². The van der Waals surface area contributed by atoms with Crippen LogP contribution in [0, 0.1) is 0 Å². The van der Waals surface area contributed by atoms with Crippen molar-refractivity contribution in [1.29, 1.82) is 0 Å². The largest absolute Gasteiger partial charge is 0.495 e. The van der Waals surface area contributed by atoms with Gasteiger partial charge in [0.2, 0.25) is 15.9 Å². The summed E-state index contributed by atoms with van der Waals surface area (Å²) in [4.78, 5) is 12.2. The smallest absolute Gasteiger partial charge is 0.245 e. The molecule has 0 fully saturated rings. The molecule has 0 aliphatic rings. The first kappa shape index (κ1) is 20.2. The summed E-state index contributed by atoms with van der Waals surface area (Å²) >= 11 is 5.89. The van der Waals surface area contributed by atoms with Crippen molar-refractivity contribution >= 4 is 27.5 Å². The highest BCUT2D eigenvalue weighted by atomic mass is 35.5.